The number of hydrogen-bond donors (Lipinski definition) is 1. The number of rotatable bonds is 10. The van der Waals surface area contributed by atoms with E-state index in [1.54, 1.807) is 25.6 Å². The Bertz CT molecular complexity index is 1230. The molecule has 4 aromatic rings. The van der Waals surface area contributed by atoms with Crippen molar-refractivity contribution in [2.45, 2.75) is 30.3 Å². The monoisotopic (exact) mass is 494 g/mol. The summed E-state index contributed by atoms with van der Waals surface area (Å²) in [7, 11) is 3.19. The quantitative estimate of drug-likeness (QED) is 0.321. The maximum atomic E-state index is 12.9. The molecule has 0 aliphatic heterocycles. The van der Waals surface area contributed by atoms with Crippen molar-refractivity contribution in [1.82, 2.24) is 20.1 Å². The molecule has 1 N–H and O–H groups in total. The fourth-order valence-electron chi connectivity index (χ4n) is 3.43. The van der Waals surface area contributed by atoms with E-state index in [9.17, 15) is 4.79 Å². The summed E-state index contributed by atoms with van der Waals surface area (Å²) in [4.78, 5) is 14.1. The third kappa shape index (κ3) is 5.60. The van der Waals surface area contributed by atoms with Crippen LogP contribution in [0.5, 0.6) is 11.5 Å². The van der Waals surface area contributed by atoms with Crippen LogP contribution in [0, 0.1) is 0 Å². The normalized spacial score (nSPS) is 11.7. The van der Waals surface area contributed by atoms with E-state index in [0.717, 1.165) is 17.1 Å². The Hall–Kier alpha value is -3.30. The van der Waals surface area contributed by atoms with Gasteiger partial charge in [0.05, 0.1) is 19.5 Å². The predicted molar refractivity (Wildman–Crippen MR) is 135 cm³/mol. The topological polar surface area (TPSA) is 78.3 Å². The number of para-hydroxylation sites is 1. The standard InChI is InChI=1S/C25H26N4O3S2/c1-17(24(30)26-16-18-11-12-21(31-2)22(14-18)32-3)34-25-28-27-23(15-20-10-7-13-33-20)29(25)19-8-5-4-6-9-19/h4-14,17H,15-16H2,1-3H3,(H,26,30). The van der Waals surface area contributed by atoms with Gasteiger partial charge < -0.3 is 14.8 Å². The molecule has 1 unspecified atom stereocenters. The molecule has 4 rings (SSSR count). The van der Waals surface area contributed by atoms with Crippen molar-refractivity contribution in [3.8, 4) is 17.2 Å². The van der Waals surface area contributed by atoms with Crippen molar-refractivity contribution in [2.75, 3.05) is 14.2 Å². The van der Waals surface area contributed by atoms with Gasteiger partial charge in [-0.3, -0.25) is 9.36 Å². The lowest BCUT2D eigenvalue weighted by Gasteiger charge is -2.14. The summed E-state index contributed by atoms with van der Waals surface area (Å²) in [6.45, 7) is 2.26. The van der Waals surface area contributed by atoms with E-state index >= 15 is 0 Å². The molecule has 0 radical (unpaired) electrons. The van der Waals surface area contributed by atoms with E-state index in [4.69, 9.17) is 9.47 Å². The Morgan fingerprint density at radius 3 is 2.56 bits per heavy atom. The van der Waals surface area contributed by atoms with Gasteiger partial charge in [-0.25, -0.2) is 0 Å². The van der Waals surface area contributed by atoms with Crippen LogP contribution in [-0.2, 0) is 17.8 Å². The van der Waals surface area contributed by atoms with Crippen LogP contribution < -0.4 is 14.8 Å². The average Bonchev–Trinajstić information content (AvgIpc) is 3.53. The van der Waals surface area contributed by atoms with Crippen LogP contribution in [0.1, 0.15) is 23.2 Å². The highest BCUT2D eigenvalue weighted by molar-refractivity contribution is 8.00. The number of aromatic nitrogens is 3. The Labute approximate surface area is 207 Å². The van der Waals surface area contributed by atoms with Gasteiger partial charge in [0.1, 0.15) is 5.82 Å². The largest absolute Gasteiger partial charge is 0.493 e. The molecule has 176 valence electrons. The number of ether oxygens (including phenoxy) is 2. The number of amides is 1. The number of nitrogens with one attached hydrogen (secondary N) is 1. The van der Waals surface area contributed by atoms with Crippen LogP contribution in [0.15, 0.2) is 71.2 Å². The summed E-state index contributed by atoms with van der Waals surface area (Å²) in [6.07, 6.45) is 0.681. The maximum Gasteiger partial charge on any atom is 0.233 e. The fraction of sp³-hybridized carbons (Fsp3) is 0.240. The second kappa shape index (κ2) is 11.2. The second-order valence-electron chi connectivity index (χ2n) is 7.49. The van der Waals surface area contributed by atoms with Crippen molar-refractivity contribution in [3.05, 3.63) is 82.3 Å². The first-order chi connectivity index (χ1) is 16.6. The number of carbonyl (C=O) groups is 1. The number of carbonyl (C=O) groups excluding carboxylic acids is 1. The third-order valence-electron chi connectivity index (χ3n) is 5.19. The van der Waals surface area contributed by atoms with Gasteiger partial charge in [0, 0.05) is 23.5 Å². The van der Waals surface area contributed by atoms with Crippen LogP contribution in [0.4, 0.5) is 0 Å². The first-order valence-electron chi connectivity index (χ1n) is 10.8. The molecule has 34 heavy (non-hydrogen) atoms. The summed E-state index contributed by atoms with van der Waals surface area (Å²) >= 11 is 3.08. The van der Waals surface area contributed by atoms with Crippen LogP contribution in [0.2, 0.25) is 0 Å². The number of thiophene rings is 1. The first kappa shape index (κ1) is 23.8. The molecule has 2 aromatic carbocycles. The van der Waals surface area contributed by atoms with E-state index in [2.05, 4.69) is 27.0 Å². The highest BCUT2D eigenvalue weighted by atomic mass is 32.2. The third-order valence-corrected chi connectivity index (χ3v) is 7.11. The predicted octanol–water partition coefficient (Wildman–Crippen LogP) is 4.73. The molecule has 0 aliphatic rings. The minimum atomic E-state index is -0.360. The Balaban J connectivity index is 1.47. The molecule has 1 atom stereocenters. The van der Waals surface area contributed by atoms with Gasteiger partial charge in [-0.2, -0.15) is 0 Å². The van der Waals surface area contributed by atoms with Gasteiger partial charge in [-0.1, -0.05) is 42.1 Å². The van der Waals surface area contributed by atoms with Crippen molar-refractivity contribution in [3.63, 3.8) is 0 Å². The van der Waals surface area contributed by atoms with Crippen molar-refractivity contribution in [2.24, 2.45) is 0 Å². The smallest absolute Gasteiger partial charge is 0.233 e. The SMILES string of the molecule is COc1ccc(CNC(=O)C(C)Sc2nnc(Cc3cccs3)n2-c2ccccc2)cc1OC. The van der Waals surface area contributed by atoms with Gasteiger partial charge in [0.2, 0.25) is 5.91 Å². The van der Waals surface area contributed by atoms with Crippen LogP contribution in [0.3, 0.4) is 0 Å². The van der Waals surface area contributed by atoms with E-state index in [1.165, 1.54) is 16.6 Å². The number of hydrogen-bond acceptors (Lipinski definition) is 7. The van der Waals surface area contributed by atoms with E-state index in [1.807, 2.05) is 66.1 Å². The van der Waals surface area contributed by atoms with Crippen LogP contribution in [0.25, 0.3) is 5.69 Å². The van der Waals surface area contributed by atoms with E-state index < -0.39 is 0 Å². The van der Waals surface area contributed by atoms with Crippen molar-refractivity contribution >= 4 is 29.0 Å². The lowest BCUT2D eigenvalue weighted by Crippen LogP contribution is -2.30. The lowest BCUT2D eigenvalue weighted by atomic mass is 10.2. The summed E-state index contributed by atoms with van der Waals surface area (Å²) in [5.41, 5.74) is 1.90. The summed E-state index contributed by atoms with van der Waals surface area (Å²) in [5.74, 6) is 2.04. The second-order valence-corrected chi connectivity index (χ2v) is 9.83. The molecule has 2 aromatic heterocycles. The molecule has 0 aliphatic carbocycles. The molecule has 0 fully saturated rings. The average molecular weight is 495 g/mol. The molecule has 1 amide bonds. The molecule has 0 bridgehead atoms. The summed E-state index contributed by atoms with van der Waals surface area (Å²) in [5, 5.41) is 14.3. The highest BCUT2D eigenvalue weighted by Gasteiger charge is 2.21. The first-order valence-corrected chi connectivity index (χ1v) is 12.5. The number of thioether (sulfide) groups is 1. The molecule has 0 saturated carbocycles. The Kier molecular flexibility index (Phi) is 7.87. The fourth-order valence-corrected chi connectivity index (χ4v) is 5.04. The number of methoxy groups -OCH3 is 2. The van der Waals surface area contributed by atoms with Crippen LogP contribution in [-0.4, -0.2) is 40.1 Å². The minimum absolute atomic E-state index is 0.0813. The molecule has 9 heteroatoms. The highest BCUT2D eigenvalue weighted by Crippen LogP contribution is 2.29. The maximum absolute atomic E-state index is 12.9. The van der Waals surface area contributed by atoms with Gasteiger partial charge in [-0.15, -0.1) is 21.5 Å². The molecule has 0 spiro atoms. The van der Waals surface area contributed by atoms with Gasteiger partial charge in [-0.05, 0) is 48.2 Å². The van der Waals surface area contributed by atoms with Crippen molar-refractivity contribution in [1.29, 1.82) is 0 Å². The van der Waals surface area contributed by atoms with Gasteiger partial charge in [0.15, 0.2) is 16.7 Å². The van der Waals surface area contributed by atoms with Gasteiger partial charge in [0.25, 0.3) is 0 Å². The van der Waals surface area contributed by atoms with Crippen molar-refractivity contribution < 1.29 is 14.3 Å². The van der Waals surface area contributed by atoms with E-state index in [0.29, 0.717) is 29.6 Å². The zero-order chi connectivity index (χ0) is 23.9. The zero-order valence-electron chi connectivity index (χ0n) is 19.2. The molecule has 0 saturated heterocycles. The molecule has 7 nitrogen and oxygen atoms in total. The molecular weight excluding hydrogens is 468 g/mol. The van der Waals surface area contributed by atoms with E-state index in [-0.39, 0.29) is 11.2 Å². The molecular formula is C25H26N4O3S2. The minimum Gasteiger partial charge on any atom is -0.493 e. The number of benzene rings is 2. The molecule has 2 heterocycles. The van der Waals surface area contributed by atoms with Gasteiger partial charge >= 0.3 is 0 Å². The summed E-state index contributed by atoms with van der Waals surface area (Å²) in [6, 6.07) is 19.7. The summed E-state index contributed by atoms with van der Waals surface area (Å²) < 4.78 is 12.6. The number of nitrogens with zero attached hydrogens (tertiary/aromatic N) is 3. The lowest BCUT2D eigenvalue weighted by molar-refractivity contribution is -0.120. The zero-order valence-corrected chi connectivity index (χ0v) is 20.9. The van der Waals surface area contributed by atoms with Crippen LogP contribution >= 0.6 is 23.1 Å². The Morgan fingerprint density at radius 1 is 1.06 bits per heavy atom. The Morgan fingerprint density at radius 2 is 1.85 bits per heavy atom.